The van der Waals surface area contributed by atoms with Gasteiger partial charge in [-0.05, 0) is 54.1 Å². The van der Waals surface area contributed by atoms with Crippen molar-refractivity contribution in [3.05, 3.63) is 80.5 Å². The fraction of sp³-hybridized carbons (Fsp3) is 0.190. The molecule has 2 aliphatic heterocycles. The van der Waals surface area contributed by atoms with Crippen molar-refractivity contribution in [3.63, 3.8) is 0 Å². The van der Waals surface area contributed by atoms with Crippen LogP contribution in [0.2, 0.25) is 5.02 Å². The second kappa shape index (κ2) is 6.29. The van der Waals surface area contributed by atoms with Crippen molar-refractivity contribution in [1.82, 2.24) is 5.01 Å². The van der Waals surface area contributed by atoms with Crippen LogP contribution in [0.15, 0.2) is 58.3 Å². The zero-order valence-electron chi connectivity index (χ0n) is 14.6. The molecule has 1 aromatic heterocycles. The summed E-state index contributed by atoms with van der Waals surface area (Å²) >= 11 is 7.89. The molecule has 5 rings (SSSR count). The van der Waals surface area contributed by atoms with Crippen LogP contribution >= 0.6 is 22.9 Å². The Morgan fingerprint density at radius 1 is 1.22 bits per heavy atom. The van der Waals surface area contributed by atoms with Gasteiger partial charge in [-0.1, -0.05) is 23.2 Å². The Labute approximate surface area is 166 Å². The van der Waals surface area contributed by atoms with Gasteiger partial charge in [0.2, 0.25) is 6.23 Å². The first-order chi connectivity index (χ1) is 13.1. The third-order valence-corrected chi connectivity index (χ3v) is 5.98. The average Bonchev–Trinajstić information content (AvgIpc) is 3.33. The SMILES string of the molecule is Cc1ccc(O)c(C2=NN3[C@@H](C2)c2cc(Cl)ccc2O[C@H]3c2ccsc2)c1. The summed E-state index contributed by atoms with van der Waals surface area (Å²) in [6, 6.07) is 13.4. The van der Waals surface area contributed by atoms with Crippen LogP contribution in [0.25, 0.3) is 0 Å². The molecule has 1 N–H and O–H groups in total. The van der Waals surface area contributed by atoms with Crippen LogP contribution < -0.4 is 4.74 Å². The van der Waals surface area contributed by atoms with Gasteiger partial charge in [0.25, 0.3) is 0 Å². The zero-order chi connectivity index (χ0) is 18.5. The lowest BCUT2D eigenvalue weighted by atomic mass is 9.95. The standard InChI is InChI=1S/C21H17ClN2O2S/c1-12-2-4-19(25)15(8-12)17-10-18-16-9-14(22)3-5-20(16)26-21(24(18)23-17)13-6-7-27-11-13/h2-9,11,18,21,25H,10H2,1H3/t18-,21-/m0/s1. The third-order valence-electron chi connectivity index (χ3n) is 5.04. The fourth-order valence-electron chi connectivity index (χ4n) is 3.74. The molecule has 0 aliphatic carbocycles. The van der Waals surface area contributed by atoms with Gasteiger partial charge in [-0.3, -0.25) is 0 Å². The lowest BCUT2D eigenvalue weighted by Crippen LogP contribution is -2.33. The minimum Gasteiger partial charge on any atom is -0.507 e. The van der Waals surface area contributed by atoms with E-state index in [2.05, 4.69) is 11.4 Å². The summed E-state index contributed by atoms with van der Waals surface area (Å²) in [5, 5.41) is 22.0. The van der Waals surface area contributed by atoms with E-state index in [0.717, 1.165) is 33.7 Å². The topological polar surface area (TPSA) is 45.1 Å². The summed E-state index contributed by atoms with van der Waals surface area (Å²) in [5.41, 5.74) is 4.82. The molecule has 0 saturated carbocycles. The maximum absolute atomic E-state index is 10.4. The predicted octanol–water partition coefficient (Wildman–Crippen LogP) is 5.66. The maximum Gasteiger partial charge on any atom is 0.214 e. The largest absolute Gasteiger partial charge is 0.507 e. The van der Waals surface area contributed by atoms with E-state index in [4.69, 9.17) is 21.4 Å². The van der Waals surface area contributed by atoms with E-state index in [0.29, 0.717) is 11.4 Å². The van der Waals surface area contributed by atoms with Crippen molar-refractivity contribution in [2.75, 3.05) is 0 Å². The maximum atomic E-state index is 10.4. The normalized spacial score (nSPS) is 20.7. The smallest absolute Gasteiger partial charge is 0.214 e. The van der Waals surface area contributed by atoms with Gasteiger partial charge in [-0.25, -0.2) is 5.01 Å². The summed E-state index contributed by atoms with van der Waals surface area (Å²) in [6.07, 6.45) is 0.397. The van der Waals surface area contributed by atoms with Gasteiger partial charge < -0.3 is 9.84 Å². The first kappa shape index (κ1) is 16.7. The van der Waals surface area contributed by atoms with Crippen LogP contribution in [0, 0.1) is 6.92 Å². The van der Waals surface area contributed by atoms with Crippen LogP contribution in [-0.4, -0.2) is 15.8 Å². The number of ether oxygens (including phenoxy) is 1. The number of benzene rings is 2. The number of hydrazone groups is 1. The van der Waals surface area contributed by atoms with E-state index in [1.807, 2.05) is 47.6 Å². The molecular weight excluding hydrogens is 380 g/mol. The molecule has 3 aromatic rings. The van der Waals surface area contributed by atoms with E-state index >= 15 is 0 Å². The number of hydrogen-bond acceptors (Lipinski definition) is 5. The van der Waals surface area contributed by atoms with E-state index in [9.17, 15) is 5.11 Å². The van der Waals surface area contributed by atoms with Crippen molar-refractivity contribution in [3.8, 4) is 11.5 Å². The average molecular weight is 397 g/mol. The Balaban J connectivity index is 1.63. The molecule has 6 heteroatoms. The molecule has 0 radical (unpaired) electrons. The molecule has 3 heterocycles. The number of rotatable bonds is 2. The van der Waals surface area contributed by atoms with Crippen molar-refractivity contribution in [2.45, 2.75) is 25.6 Å². The number of aromatic hydroxyl groups is 1. The summed E-state index contributed by atoms with van der Waals surface area (Å²) in [5.74, 6) is 1.08. The van der Waals surface area contributed by atoms with Crippen LogP contribution in [0.4, 0.5) is 0 Å². The quantitative estimate of drug-likeness (QED) is 0.608. The monoisotopic (exact) mass is 396 g/mol. The zero-order valence-corrected chi connectivity index (χ0v) is 16.2. The van der Waals surface area contributed by atoms with Crippen LogP contribution in [0.3, 0.4) is 0 Å². The van der Waals surface area contributed by atoms with Crippen molar-refractivity contribution < 1.29 is 9.84 Å². The Morgan fingerprint density at radius 3 is 2.93 bits per heavy atom. The molecule has 2 aliphatic rings. The van der Waals surface area contributed by atoms with Gasteiger partial charge in [0, 0.05) is 28.1 Å². The molecular formula is C21H17ClN2O2S. The van der Waals surface area contributed by atoms with Gasteiger partial charge in [0.05, 0.1) is 11.8 Å². The van der Waals surface area contributed by atoms with Crippen molar-refractivity contribution in [1.29, 1.82) is 0 Å². The van der Waals surface area contributed by atoms with Gasteiger partial charge in [-0.2, -0.15) is 16.4 Å². The highest BCUT2D eigenvalue weighted by atomic mass is 35.5. The highest BCUT2D eigenvalue weighted by molar-refractivity contribution is 7.07. The third kappa shape index (κ3) is 2.78. The molecule has 0 bridgehead atoms. The summed E-state index contributed by atoms with van der Waals surface area (Å²) in [4.78, 5) is 0. The van der Waals surface area contributed by atoms with E-state index < -0.39 is 0 Å². The van der Waals surface area contributed by atoms with Crippen molar-refractivity contribution >= 4 is 28.6 Å². The fourth-order valence-corrected chi connectivity index (χ4v) is 4.58. The Hall–Kier alpha value is -2.50. The number of phenols is 1. The molecule has 0 amide bonds. The number of hydrogen-bond donors (Lipinski definition) is 1. The molecule has 0 spiro atoms. The van der Waals surface area contributed by atoms with E-state index in [-0.39, 0.29) is 18.0 Å². The summed E-state index contributed by atoms with van der Waals surface area (Å²) < 4.78 is 6.29. The first-order valence-electron chi connectivity index (χ1n) is 8.74. The minimum atomic E-state index is -0.292. The van der Waals surface area contributed by atoms with Gasteiger partial charge in [0.1, 0.15) is 11.5 Å². The molecule has 0 saturated heterocycles. The van der Waals surface area contributed by atoms with E-state index in [1.165, 1.54) is 0 Å². The Bertz CT molecular complexity index is 1050. The summed E-state index contributed by atoms with van der Waals surface area (Å²) in [6.45, 7) is 2.01. The molecule has 136 valence electrons. The number of thiophene rings is 1. The van der Waals surface area contributed by atoms with Crippen LogP contribution in [0.5, 0.6) is 11.5 Å². The van der Waals surface area contributed by atoms with Crippen LogP contribution in [0.1, 0.15) is 40.9 Å². The molecule has 2 atom stereocenters. The summed E-state index contributed by atoms with van der Waals surface area (Å²) in [7, 11) is 0. The molecule has 0 unspecified atom stereocenters. The molecule has 4 nitrogen and oxygen atoms in total. The van der Waals surface area contributed by atoms with Gasteiger partial charge in [0.15, 0.2) is 0 Å². The van der Waals surface area contributed by atoms with Crippen LogP contribution in [-0.2, 0) is 0 Å². The van der Waals surface area contributed by atoms with Gasteiger partial charge in [-0.15, -0.1) is 0 Å². The number of nitrogens with zero attached hydrogens (tertiary/aromatic N) is 2. The number of phenolic OH excluding ortho intramolecular Hbond substituents is 1. The second-order valence-electron chi connectivity index (χ2n) is 6.88. The Morgan fingerprint density at radius 2 is 2.11 bits per heavy atom. The predicted molar refractivity (Wildman–Crippen MR) is 108 cm³/mol. The molecule has 27 heavy (non-hydrogen) atoms. The number of fused-ring (bicyclic) bond motifs is 3. The van der Waals surface area contributed by atoms with Crippen molar-refractivity contribution in [2.24, 2.45) is 5.10 Å². The second-order valence-corrected chi connectivity index (χ2v) is 8.09. The highest BCUT2D eigenvalue weighted by Crippen LogP contribution is 2.48. The Kier molecular flexibility index (Phi) is 3.88. The minimum absolute atomic E-state index is 0.0206. The number of halogens is 1. The van der Waals surface area contributed by atoms with E-state index in [1.54, 1.807) is 17.4 Å². The lowest BCUT2D eigenvalue weighted by molar-refractivity contribution is -0.0187. The number of aryl methyl sites for hydroxylation is 1. The molecule has 2 aromatic carbocycles. The first-order valence-corrected chi connectivity index (χ1v) is 10.1. The lowest BCUT2D eigenvalue weighted by Gasteiger charge is -2.37. The highest BCUT2D eigenvalue weighted by Gasteiger charge is 2.41. The van der Waals surface area contributed by atoms with Gasteiger partial charge >= 0.3 is 0 Å². The molecule has 0 fully saturated rings.